The van der Waals surface area contributed by atoms with Gasteiger partial charge in [-0.3, -0.25) is 4.79 Å². The first-order valence-electron chi connectivity index (χ1n) is 9.10. The molecule has 0 aromatic rings. The number of carbonyl (C=O) groups excluding carboxylic acids is 1. The predicted octanol–water partition coefficient (Wildman–Crippen LogP) is 5.17. The Morgan fingerprint density at radius 1 is 0.955 bits per heavy atom. The Labute approximate surface area is 137 Å². The zero-order valence-corrected chi connectivity index (χ0v) is 14.7. The standard InChI is InChI=1S/C19H36O3/c1-3-4-5-6-7-9-12-15-18(20)16-13-10-8-11-14-17-19(21)22-2/h7,9,18,20H,3-6,8,10-17H2,1-2H3/b9-7-/t18-/m0/s1. The summed E-state index contributed by atoms with van der Waals surface area (Å²) in [5.41, 5.74) is 0. The summed E-state index contributed by atoms with van der Waals surface area (Å²) < 4.78 is 4.61. The second-order valence-electron chi connectivity index (χ2n) is 6.08. The molecular weight excluding hydrogens is 276 g/mol. The number of carbonyl (C=O) groups is 1. The minimum absolute atomic E-state index is 0.113. The molecule has 0 aromatic carbocycles. The van der Waals surface area contributed by atoms with Crippen molar-refractivity contribution in [2.45, 2.75) is 96.5 Å². The van der Waals surface area contributed by atoms with E-state index in [1.807, 2.05) is 0 Å². The highest BCUT2D eigenvalue weighted by molar-refractivity contribution is 5.68. The van der Waals surface area contributed by atoms with Gasteiger partial charge in [0, 0.05) is 6.42 Å². The molecule has 3 heteroatoms. The SMILES string of the molecule is CCCCC/C=C\CC[C@H](O)CCCCCCCC(=O)OC. The van der Waals surface area contributed by atoms with Gasteiger partial charge in [0.05, 0.1) is 13.2 Å². The Bertz CT molecular complexity index is 274. The predicted molar refractivity (Wildman–Crippen MR) is 92.9 cm³/mol. The molecule has 0 heterocycles. The molecule has 0 aromatic heterocycles. The summed E-state index contributed by atoms with van der Waals surface area (Å²) in [4.78, 5) is 10.9. The molecule has 0 spiro atoms. The highest BCUT2D eigenvalue weighted by Gasteiger charge is 2.03. The smallest absolute Gasteiger partial charge is 0.305 e. The molecule has 1 atom stereocenters. The maximum absolute atomic E-state index is 10.9. The van der Waals surface area contributed by atoms with Gasteiger partial charge in [0.1, 0.15) is 0 Å². The third-order valence-electron chi connectivity index (χ3n) is 3.95. The van der Waals surface area contributed by atoms with Crippen LogP contribution in [-0.4, -0.2) is 24.3 Å². The van der Waals surface area contributed by atoms with Gasteiger partial charge in [-0.25, -0.2) is 0 Å². The van der Waals surface area contributed by atoms with Crippen molar-refractivity contribution in [3.8, 4) is 0 Å². The van der Waals surface area contributed by atoms with Gasteiger partial charge >= 0.3 is 5.97 Å². The van der Waals surface area contributed by atoms with Crippen LogP contribution in [0.5, 0.6) is 0 Å². The first kappa shape index (κ1) is 21.2. The van der Waals surface area contributed by atoms with Crippen LogP contribution < -0.4 is 0 Å². The van der Waals surface area contributed by atoms with E-state index in [2.05, 4.69) is 23.8 Å². The van der Waals surface area contributed by atoms with Gasteiger partial charge in [0.15, 0.2) is 0 Å². The molecule has 0 saturated carbocycles. The molecule has 0 saturated heterocycles. The fourth-order valence-corrected chi connectivity index (χ4v) is 2.46. The molecule has 1 N–H and O–H groups in total. The van der Waals surface area contributed by atoms with Crippen LogP contribution in [0.3, 0.4) is 0 Å². The monoisotopic (exact) mass is 312 g/mol. The molecule has 0 fully saturated rings. The van der Waals surface area contributed by atoms with Crippen molar-refractivity contribution in [3.63, 3.8) is 0 Å². The highest BCUT2D eigenvalue weighted by Crippen LogP contribution is 2.12. The lowest BCUT2D eigenvalue weighted by Crippen LogP contribution is -2.05. The van der Waals surface area contributed by atoms with Crippen molar-refractivity contribution in [2.75, 3.05) is 7.11 Å². The normalized spacial score (nSPS) is 12.7. The number of allylic oxidation sites excluding steroid dienone is 2. The summed E-state index contributed by atoms with van der Waals surface area (Å²) in [6.45, 7) is 2.22. The van der Waals surface area contributed by atoms with Crippen LogP contribution in [0.4, 0.5) is 0 Å². The number of rotatable bonds is 15. The van der Waals surface area contributed by atoms with Crippen LogP contribution in [0.25, 0.3) is 0 Å². The minimum atomic E-state index is -0.157. The minimum Gasteiger partial charge on any atom is -0.469 e. The second-order valence-corrected chi connectivity index (χ2v) is 6.08. The summed E-state index contributed by atoms with van der Waals surface area (Å²) in [6.07, 6.45) is 18.0. The molecule has 0 rings (SSSR count). The molecule has 0 aliphatic heterocycles. The van der Waals surface area contributed by atoms with Crippen molar-refractivity contribution in [2.24, 2.45) is 0 Å². The molecular formula is C19H36O3. The van der Waals surface area contributed by atoms with Crippen LogP contribution in [0, 0.1) is 0 Å². The van der Waals surface area contributed by atoms with E-state index < -0.39 is 0 Å². The number of aliphatic hydroxyl groups is 1. The van der Waals surface area contributed by atoms with Crippen molar-refractivity contribution >= 4 is 5.97 Å². The van der Waals surface area contributed by atoms with Gasteiger partial charge in [-0.2, -0.15) is 0 Å². The number of aliphatic hydroxyl groups excluding tert-OH is 1. The molecule has 0 radical (unpaired) electrons. The number of unbranched alkanes of at least 4 members (excludes halogenated alkanes) is 7. The highest BCUT2D eigenvalue weighted by atomic mass is 16.5. The molecule has 0 bridgehead atoms. The van der Waals surface area contributed by atoms with E-state index in [1.54, 1.807) is 0 Å². The quantitative estimate of drug-likeness (QED) is 0.258. The van der Waals surface area contributed by atoms with Crippen LogP contribution >= 0.6 is 0 Å². The largest absolute Gasteiger partial charge is 0.469 e. The maximum atomic E-state index is 10.9. The zero-order valence-electron chi connectivity index (χ0n) is 14.7. The number of hydrogen-bond acceptors (Lipinski definition) is 3. The molecule has 0 aliphatic carbocycles. The fraction of sp³-hybridized carbons (Fsp3) is 0.842. The van der Waals surface area contributed by atoms with Crippen LogP contribution in [0.1, 0.15) is 90.4 Å². The van der Waals surface area contributed by atoms with Crippen molar-refractivity contribution < 1.29 is 14.6 Å². The molecule has 22 heavy (non-hydrogen) atoms. The topological polar surface area (TPSA) is 46.5 Å². The molecule has 0 aliphatic rings. The number of ether oxygens (including phenoxy) is 1. The first-order valence-corrected chi connectivity index (χ1v) is 9.10. The average molecular weight is 312 g/mol. The summed E-state index contributed by atoms with van der Waals surface area (Å²) in [6, 6.07) is 0. The number of esters is 1. The lowest BCUT2D eigenvalue weighted by molar-refractivity contribution is -0.140. The molecule has 0 amide bonds. The Kier molecular flexibility index (Phi) is 15.9. The Balaban J connectivity index is 3.28. The van der Waals surface area contributed by atoms with Gasteiger partial charge in [-0.15, -0.1) is 0 Å². The summed E-state index contributed by atoms with van der Waals surface area (Å²) in [5.74, 6) is -0.113. The van der Waals surface area contributed by atoms with Crippen LogP contribution in [-0.2, 0) is 9.53 Å². The van der Waals surface area contributed by atoms with E-state index >= 15 is 0 Å². The van der Waals surface area contributed by atoms with Crippen molar-refractivity contribution in [3.05, 3.63) is 12.2 Å². The van der Waals surface area contributed by atoms with Crippen LogP contribution in [0.15, 0.2) is 12.2 Å². The van der Waals surface area contributed by atoms with Gasteiger partial charge < -0.3 is 9.84 Å². The van der Waals surface area contributed by atoms with Crippen molar-refractivity contribution in [1.82, 2.24) is 0 Å². The van der Waals surface area contributed by atoms with Gasteiger partial charge in [0.2, 0.25) is 0 Å². The van der Waals surface area contributed by atoms with Crippen molar-refractivity contribution in [1.29, 1.82) is 0 Å². The fourth-order valence-electron chi connectivity index (χ4n) is 2.46. The maximum Gasteiger partial charge on any atom is 0.305 e. The third kappa shape index (κ3) is 15.6. The van der Waals surface area contributed by atoms with E-state index in [0.29, 0.717) is 6.42 Å². The molecule has 0 unspecified atom stereocenters. The summed E-state index contributed by atoms with van der Waals surface area (Å²) in [7, 11) is 1.43. The van der Waals surface area contributed by atoms with Gasteiger partial charge in [-0.1, -0.05) is 57.6 Å². The van der Waals surface area contributed by atoms with E-state index in [1.165, 1.54) is 32.8 Å². The van der Waals surface area contributed by atoms with Gasteiger partial charge in [-0.05, 0) is 38.5 Å². The first-order chi connectivity index (χ1) is 10.7. The average Bonchev–Trinajstić information content (AvgIpc) is 2.52. The van der Waals surface area contributed by atoms with E-state index in [4.69, 9.17) is 0 Å². The van der Waals surface area contributed by atoms with Gasteiger partial charge in [0.25, 0.3) is 0 Å². The van der Waals surface area contributed by atoms with E-state index in [0.717, 1.165) is 51.4 Å². The summed E-state index contributed by atoms with van der Waals surface area (Å²) in [5, 5.41) is 9.90. The molecule has 130 valence electrons. The molecule has 3 nitrogen and oxygen atoms in total. The third-order valence-corrected chi connectivity index (χ3v) is 3.95. The number of methoxy groups -OCH3 is 1. The zero-order chi connectivity index (χ0) is 16.5. The Hall–Kier alpha value is -0.830. The Morgan fingerprint density at radius 3 is 2.36 bits per heavy atom. The lowest BCUT2D eigenvalue weighted by atomic mass is 10.0. The summed E-state index contributed by atoms with van der Waals surface area (Å²) >= 11 is 0. The Morgan fingerprint density at radius 2 is 1.64 bits per heavy atom. The number of hydrogen-bond donors (Lipinski definition) is 1. The second kappa shape index (κ2) is 16.5. The van der Waals surface area contributed by atoms with E-state index in [9.17, 15) is 9.90 Å². The van der Waals surface area contributed by atoms with E-state index in [-0.39, 0.29) is 12.1 Å². The lowest BCUT2D eigenvalue weighted by Gasteiger charge is -2.08. The van der Waals surface area contributed by atoms with Crippen LogP contribution in [0.2, 0.25) is 0 Å².